The zero-order valence-corrected chi connectivity index (χ0v) is 15.2. The third kappa shape index (κ3) is 5.50. The van der Waals surface area contributed by atoms with Crippen molar-refractivity contribution in [1.29, 1.82) is 0 Å². The molecule has 1 N–H and O–H groups in total. The first-order chi connectivity index (χ1) is 10.4. The van der Waals surface area contributed by atoms with Gasteiger partial charge in [-0.05, 0) is 54.9 Å². The third-order valence-corrected chi connectivity index (χ3v) is 3.80. The van der Waals surface area contributed by atoms with Gasteiger partial charge >= 0.3 is 0 Å². The van der Waals surface area contributed by atoms with Gasteiger partial charge in [-0.1, -0.05) is 11.6 Å². The molecule has 0 heterocycles. The SMILES string of the molecule is CCNC(=O)CN(CC)C(=O)C(C)Oc1ccc(Cl)cc1Br. The Balaban J connectivity index is 2.71. The van der Waals surface area contributed by atoms with Crippen molar-refractivity contribution in [1.82, 2.24) is 10.2 Å². The van der Waals surface area contributed by atoms with Gasteiger partial charge in [-0.15, -0.1) is 0 Å². The van der Waals surface area contributed by atoms with E-state index in [2.05, 4.69) is 21.2 Å². The highest BCUT2D eigenvalue weighted by Gasteiger charge is 2.23. The molecule has 0 saturated heterocycles. The summed E-state index contributed by atoms with van der Waals surface area (Å²) in [7, 11) is 0. The topological polar surface area (TPSA) is 58.6 Å². The molecule has 1 rings (SSSR count). The van der Waals surface area contributed by atoms with Crippen LogP contribution >= 0.6 is 27.5 Å². The van der Waals surface area contributed by atoms with Crippen molar-refractivity contribution in [2.75, 3.05) is 19.6 Å². The van der Waals surface area contributed by atoms with Crippen molar-refractivity contribution in [2.45, 2.75) is 26.9 Å². The Morgan fingerprint density at radius 3 is 2.64 bits per heavy atom. The van der Waals surface area contributed by atoms with Crippen LogP contribution in [-0.4, -0.2) is 42.5 Å². The van der Waals surface area contributed by atoms with Gasteiger partial charge in [0.05, 0.1) is 11.0 Å². The number of nitrogens with zero attached hydrogens (tertiary/aromatic N) is 1. The number of rotatable bonds is 7. The average molecular weight is 392 g/mol. The summed E-state index contributed by atoms with van der Waals surface area (Å²) >= 11 is 9.21. The van der Waals surface area contributed by atoms with Crippen LogP contribution in [0.15, 0.2) is 22.7 Å². The Labute approximate surface area is 144 Å². The number of carbonyl (C=O) groups excluding carboxylic acids is 2. The van der Waals surface area contributed by atoms with Gasteiger partial charge in [0.1, 0.15) is 5.75 Å². The number of likely N-dealkylation sites (N-methyl/N-ethyl adjacent to an activating group) is 2. The van der Waals surface area contributed by atoms with E-state index in [0.717, 1.165) is 0 Å². The highest BCUT2D eigenvalue weighted by atomic mass is 79.9. The molecule has 0 radical (unpaired) electrons. The van der Waals surface area contributed by atoms with E-state index in [4.69, 9.17) is 16.3 Å². The van der Waals surface area contributed by atoms with Crippen LogP contribution < -0.4 is 10.1 Å². The first kappa shape index (κ1) is 18.8. The van der Waals surface area contributed by atoms with E-state index in [1.165, 1.54) is 4.90 Å². The van der Waals surface area contributed by atoms with Crippen molar-refractivity contribution in [2.24, 2.45) is 0 Å². The molecular formula is C15H20BrClN2O3. The second-order valence-electron chi connectivity index (χ2n) is 4.64. The number of nitrogens with one attached hydrogen (secondary N) is 1. The summed E-state index contributed by atoms with van der Waals surface area (Å²) in [5, 5.41) is 3.25. The van der Waals surface area contributed by atoms with Crippen molar-refractivity contribution in [3.63, 3.8) is 0 Å². The van der Waals surface area contributed by atoms with Gasteiger partial charge in [0.2, 0.25) is 5.91 Å². The fourth-order valence-electron chi connectivity index (χ4n) is 1.84. The van der Waals surface area contributed by atoms with E-state index in [1.807, 2.05) is 13.8 Å². The number of hydrogen-bond donors (Lipinski definition) is 1. The van der Waals surface area contributed by atoms with Gasteiger partial charge in [-0.2, -0.15) is 0 Å². The van der Waals surface area contributed by atoms with E-state index >= 15 is 0 Å². The molecule has 0 fully saturated rings. The highest BCUT2D eigenvalue weighted by Crippen LogP contribution is 2.28. The number of carbonyl (C=O) groups is 2. The van der Waals surface area contributed by atoms with Gasteiger partial charge in [-0.25, -0.2) is 0 Å². The van der Waals surface area contributed by atoms with Crippen LogP contribution in [0.25, 0.3) is 0 Å². The minimum absolute atomic E-state index is 0.0264. The molecule has 0 aliphatic heterocycles. The predicted octanol–water partition coefficient (Wildman–Crippen LogP) is 2.85. The first-order valence-electron chi connectivity index (χ1n) is 7.06. The monoisotopic (exact) mass is 390 g/mol. The first-order valence-corrected chi connectivity index (χ1v) is 8.23. The Hall–Kier alpha value is -1.27. The molecule has 22 heavy (non-hydrogen) atoms. The number of halogens is 2. The standard InChI is InChI=1S/C15H20BrClN2O3/c1-4-18-14(20)9-19(5-2)15(21)10(3)22-13-7-6-11(17)8-12(13)16/h6-8,10H,4-5,9H2,1-3H3,(H,18,20). The van der Waals surface area contributed by atoms with E-state index in [-0.39, 0.29) is 18.4 Å². The summed E-state index contributed by atoms with van der Waals surface area (Å²) in [6.07, 6.45) is -0.702. The molecule has 2 amide bonds. The van der Waals surface area contributed by atoms with Crippen molar-refractivity contribution in [3.05, 3.63) is 27.7 Å². The lowest BCUT2D eigenvalue weighted by Crippen LogP contribution is -2.45. The number of benzene rings is 1. The molecule has 5 nitrogen and oxygen atoms in total. The summed E-state index contributed by atoms with van der Waals surface area (Å²) in [6, 6.07) is 5.07. The molecule has 0 spiro atoms. The second-order valence-corrected chi connectivity index (χ2v) is 5.93. The van der Waals surface area contributed by atoms with Crippen molar-refractivity contribution >= 4 is 39.3 Å². The van der Waals surface area contributed by atoms with Crippen LogP contribution in [0, 0.1) is 0 Å². The third-order valence-electron chi connectivity index (χ3n) is 2.95. The summed E-state index contributed by atoms with van der Waals surface area (Å²) in [4.78, 5) is 25.5. The van der Waals surface area contributed by atoms with Gasteiger partial charge in [0.15, 0.2) is 6.10 Å². The molecule has 1 atom stereocenters. The van der Waals surface area contributed by atoms with Gasteiger partial charge in [-0.3, -0.25) is 9.59 Å². The maximum atomic E-state index is 12.4. The maximum absolute atomic E-state index is 12.4. The van der Waals surface area contributed by atoms with E-state index in [0.29, 0.717) is 28.3 Å². The van der Waals surface area contributed by atoms with Crippen LogP contribution in [0.4, 0.5) is 0 Å². The van der Waals surface area contributed by atoms with E-state index in [9.17, 15) is 9.59 Å². The number of amides is 2. The van der Waals surface area contributed by atoms with Gasteiger partial charge in [0, 0.05) is 18.1 Å². The van der Waals surface area contributed by atoms with Crippen molar-refractivity contribution in [3.8, 4) is 5.75 Å². The number of hydrogen-bond acceptors (Lipinski definition) is 3. The molecule has 1 aromatic rings. The quantitative estimate of drug-likeness (QED) is 0.777. The molecule has 0 saturated carbocycles. The Kier molecular flexibility index (Phi) is 7.68. The maximum Gasteiger partial charge on any atom is 0.263 e. The lowest BCUT2D eigenvalue weighted by molar-refractivity contribution is -0.141. The van der Waals surface area contributed by atoms with Gasteiger partial charge < -0.3 is 15.0 Å². The van der Waals surface area contributed by atoms with Crippen LogP contribution in [0.2, 0.25) is 5.02 Å². The Morgan fingerprint density at radius 1 is 1.41 bits per heavy atom. The fraction of sp³-hybridized carbons (Fsp3) is 0.467. The molecule has 0 bridgehead atoms. The molecule has 1 aromatic carbocycles. The summed E-state index contributed by atoms with van der Waals surface area (Å²) < 4.78 is 6.33. The fourth-order valence-corrected chi connectivity index (χ4v) is 2.62. The van der Waals surface area contributed by atoms with E-state index in [1.54, 1.807) is 25.1 Å². The van der Waals surface area contributed by atoms with E-state index < -0.39 is 6.10 Å². The zero-order chi connectivity index (χ0) is 16.7. The molecule has 0 aromatic heterocycles. The summed E-state index contributed by atoms with van der Waals surface area (Å²) in [5.74, 6) is 0.104. The molecule has 1 unspecified atom stereocenters. The normalized spacial score (nSPS) is 11.7. The molecule has 122 valence electrons. The lowest BCUT2D eigenvalue weighted by Gasteiger charge is -2.24. The smallest absolute Gasteiger partial charge is 0.263 e. The van der Waals surface area contributed by atoms with Crippen LogP contribution in [0.1, 0.15) is 20.8 Å². The zero-order valence-electron chi connectivity index (χ0n) is 12.9. The number of ether oxygens (including phenoxy) is 1. The summed E-state index contributed by atoms with van der Waals surface area (Å²) in [6.45, 7) is 6.31. The van der Waals surface area contributed by atoms with Crippen molar-refractivity contribution < 1.29 is 14.3 Å². The Bertz CT molecular complexity index is 540. The predicted molar refractivity (Wildman–Crippen MR) is 90.2 cm³/mol. The largest absolute Gasteiger partial charge is 0.480 e. The lowest BCUT2D eigenvalue weighted by atomic mass is 10.3. The average Bonchev–Trinajstić information content (AvgIpc) is 2.47. The van der Waals surface area contributed by atoms with Gasteiger partial charge in [0.25, 0.3) is 5.91 Å². The van der Waals surface area contributed by atoms with Crippen LogP contribution in [0.3, 0.4) is 0 Å². The molecule has 0 aliphatic carbocycles. The Morgan fingerprint density at radius 2 is 2.09 bits per heavy atom. The molecular weight excluding hydrogens is 372 g/mol. The second kappa shape index (κ2) is 9.00. The molecule has 7 heteroatoms. The minimum Gasteiger partial charge on any atom is -0.480 e. The highest BCUT2D eigenvalue weighted by molar-refractivity contribution is 9.10. The summed E-state index contributed by atoms with van der Waals surface area (Å²) in [5.41, 5.74) is 0. The molecule has 0 aliphatic rings. The minimum atomic E-state index is -0.702. The van der Waals surface area contributed by atoms with Crippen LogP contribution in [0.5, 0.6) is 5.75 Å². The van der Waals surface area contributed by atoms with Crippen LogP contribution in [-0.2, 0) is 9.59 Å².